The second-order valence-corrected chi connectivity index (χ2v) is 5.08. The maximum atomic E-state index is 10.1. The van der Waals surface area contributed by atoms with E-state index < -0.39 is 6.10 Å². The van der Waals surface area contributed by atoms with Crippen molar-refractivity contribution in [3.63, 3.8) is 0 Å². The molecule has 3 heteroatoms. The van der Waals surface area contributed by atoms with E-state index in [1.165, 1.54) is 0 Å². The predicted molar refractivity (Wildman–Crippen MR) is 71.6 cm³/mol. The van der Waals surface area contributed by atoms with Crippen molar-refractivity contribution < 1.29 is 5.11 Å². The molecule has 0 aliphatic carbocycles. The van der Waals surface area contributed by atoms with Crippen LogP contribution in [-0.2, 0) is 6.54 Å². The van der Waals surface area contributed by atoms with Crippen molar-refractivity contribution in [2.45, 2.75) is 26.5 Å². The highest BCUT2D eigenvalue weighted by molar-refractivity contribution is 5.24. The number of likely N-dealkylation sites (N-methyl/N-ethyl adjacent to an activating group) is 1. The van der Waals surface area contributed by atoms with E-state index in [0.717, 1.165) is 17.7 Å². The standard InChI is InChI=1S/C14H24N2O/c1-11(2)9-16(3)10-14(17)13-6-4-12(8-15)5-7-13/h4-7,11,14,17H,8-10,15H2,1-3H3. The molecule has 1 atom stereocenters. The number of aliphatic hydroxyl groups excluding tert-OH is 1. The number of hydrogen-bond donors (Lipinski definition) is 2. The van der Waals surface area contributed by atoms with Crippen LogP contribution in [-0.4, -0.2) is 30.1 Å². The van der Waals surface area contributed by atoms with Gasteiger partial charge in [-0.1, -0.05) is 38.1 Å². The summed E-state index contributed by atoms with van der Waals surface area (Å²) in [6.45, 7) is 6.57. The summed E-state index contributed by atoms with van der Waals surface area (Å²) >= 11 is 0. The van der Waals surface area contributed by atoms with Crippen LogP contribution in [0.1, 0.15) is 31.1 Å². The Morgan fingerprint density at radius 1 is 1.18 bits per heavy atom. The highest BCUT2D eigenvalue weighted by Crippen LogP contribution is 2.15. The molecule has 96 valence electrons. The summed E-state index contributed by atoms with van der Waals surface area (Å²) in [6.07, 6.45) is -0.425. The van der Waals surface area contributed by atoms with Crippen molar-refractivity contribution in [3.05, 3.63) is 35.4 Å². The molecule has 0 saturated carbocycles. The summed E-state index contributed by atoms with van der Waals surface area (Å²) < 4.78 is 0. The van der Waals surface area contributed by atoms with Crippen LogP contribution in [0.15, 0.2) is 24.3 Å². The van der Waals surface area contributed by atoms with Crippen molar-refractivity contribution in [2.24, 2.45) is 11.7 Å². The summed E-state index contributed by atoms with van der Waals surface area (Å²) in [5, 5.41) is 10.1. The fourth-order valence-electron chi connectivity index (χ4n) is 1.97. The highest BCUT2D eigenvalue weighted by atomic mass is 16.3. The van der Waals surface area contributed by atoms with Gasteiger partial charge in [0, 0.05) is 19.6 Å². The Hall–Kier alpha value is -0.900. The molecule has 0 saturated heterocycles. The molecule has 0 aliphatic rings. The van der Waals surface area contributed by atoms with Crippen LogP contribution < -0.4 is 5.73 Å². The van der Waals surface area contributed by atoms with Gasteiger partial charge >= 0.3 is 0 Å². The van der Waals surface area contributed by atoms with Gasteiger partial charge in [-0.3, -0.25) is 0 Å². The van der Waals surface area contributed by atoms with Gasteiger partial charge in [-0.15, -0.1) is 0 Å². The zero-order valence-corrected chi connectivity index (χ0v) is 11.1. The average Bonchev–Trinajstić information content (AvgIpc) is 2.28. The van der Waals surface area contributed by atoms with Gasteiger partial charge < -0.3 is 15.7 Å². The quantitative estimate of drug-likeness (QED) is 0.791. The van der Waals surface area contributed by atoms with Gasteiger partial charge in [0.15, 0.2) is 0 Å². The van der Waals surface area contributed by atoms with Crippen LogP contribution in [0.25, 0.3) is 0 Å². The SMILES string of the molecule is CC(C)CN(C)CC(O)c1ccc(CN)cc1. The second kappa shape index (κ2) is 6.74. The van der Waals surface area contributed by atoms with E-state index in [4.69, 9.17) is 5.73 Å². The molecule has 1 aromatic carbocycles. The molecule has 0 aliphatic heterocycles. The average molecular weight is 236 g/mol. The Morgan fingerprint density at radius 2 is 1.76 bits per heavy atom. The van der Waals surface area contributed by atoms with Gasteiger partial charge in [-0.25, -0.2) is 0 Å². The molecule has 0 bridgehead atoms. The van der Waals surface area contributed by atoms with Crippen molar-refractivity contribution in [3.8, 4) is 0 Å². The Morgan fingerprint density at radius 3 is 2.24 bits per heavy atom. The molecule has 0 radical (unpaired) electrons. The first kappa shape index (κ1) is 14.2. The molecule has 1 rings (SSSR count). The topological polar surface area (TPSA) is 49.5 Å². The zero-order chi connectivity index (χ0) is 12.8. The number of aliphatic hydroxyl groups is 1. The first-order chi connectivity index (χ1) is 8.02. The fourth-order valence-corrected chi connectivity index (χ4v) is 1.97. The molecule has 0 fully saturated rings. The molecule has 1 aromatic rings. The number of nitrogens with two attached hydrogens (primary N) is 1. The van der Waals surface area contributed by atoms with E-state index in [2.05, 4.69) is 18.7 Å². The normalized spacial score (nSPS) is 13.4. The Labute approximate surface area is 104 Å². The molecular weight excluding hydrogens is 212 g/mol. The molecule has 1 unspecified atom stereocenters. The number of nitrogens with zero attached hydrogens (tertiary/aromatic N) is 1. The first-order valence-corrected chi connectivity index (χ1v) is 6.18. The fraction of sp³-hybridized carbons (Fsp3) is 0.571. The maximum Gasteiger partial charge on any atom is 0.0916 e. The van der Waals surface area contributed by atoms with Crippen LogP contribution in [0.4, 0.5) is 0 Å². The first-order valence-electron chi connectivity index (χ1n) is 6.18. The van der Waals surface area contributed by atoms with Crippen LogP contribution in [0, 0.1) is 5.92 Å². The van der Waals surface area contributed by atoms with E-state index in [9.17, 15) is 5.11 Å². The molecule has 3 N–H and O–H groups in total. The van der Waals surface area contributed by atoms with Gasteiger partial charge in [-0.2, -0.15) is 0 Å². The van der Waals surface area contributed by atoms with Gasteiger partial charge in [0.05, 0.1) is 6.10 Å². The number of hydrogen-bond acceptors (Lipinski definition) is 3. The van der Waals surface area contributed by atoms with E-state index >= 15 is 0 Å². The minimum atomic E-state index is -0.425. The summed E-state index contributed by atoms with van der Waals surface area (Å²) in [5.41, 5.74) is 7.59. The lowest BCUT2D eigenvalue weighted by atomic mass is 10.1. The minimum absolute atomic E-state index is 0.425. The lowest BCUT2D eigenvalue weighted by Crippen LogP contribution is -2.28. The van der Waals surface area contributed by atoms with E-state index in [1.807, 2.05) is 31.3 Å². The Kier molecular flexibility index (Phi) is 5.62. The molecule has 0 amide bonds. The summed E-state index contributed by atoms with van der Waals surface area (Å²) in [6, 6.07) is 7.86. The monoisotopic (exact) mass is 236 g/mol. The highest BCUT2D eigenvalue weighted by Gasteiger charge is 2.11. The van der Waals surface area contributed by atoms with E-state index in [0.29, 0.717) is 19.0 Å². The van der Waals surface area contributed by atoms with Gasteiger partial charge in [0.25, 0.3) is 0 Å². The Bertz CT molecular complexity index is 321. The second-order valence-electron chi connectivity index (χ2n) is 5.08. The van der Waals surface area contributed by atoms with E-state index in [1.54, 1.807) is 0 Å². The van der Waals surface area contributed by atoms with E-state index in [-0.39, 0.29) is 0 Å². The number of benzene rings is 1. The van der Waals surface area contributed by atoms with Gasteiger partial charge in [-0.05, 0) is 24.1 Å². The smallest absolute Gasteiger partial charge is 0.0916 e. The van der Waals surface area contributed by atoms with Crippen LogP contribution in [0.3, 0.4) is 0 Å². The summed E-state index contributed by atoms with van der Waals surface area (Å²) in [5.74, 6) is 0.617. The van der Waals surface area contributed by atoms with Crippen LogP contribution >= 0.6 is 0 Å². The minimum Gasteiger partial charge on any atom is -0.387 e. The summed E-state index contributed by atoms with van der Waals surface area (Å²) in [7, 11) is 2.04. The third-order valence-corrected chi connectivity index (χ3v) is 2.76. The number of rotatable bonds is 6. The third-order valence-electron chi connectivity index (χ3n) is 2.76. The van der Waals surface area contributed by atoms with Crippen molar-refractivity contribution in [1.29, 1.82) is 0 Å². The van der Waals surface area contributed by atoms with Crippen LogP contribution in [0.2, 0.25) is 0 Å². The van der Waals surface area contributed by atoms with Gasteiger partial charge in [0.2, 0.25) is 0 Å². The van der Waals surface area contributed by atoms with Crippen LogP contribution in [0.5, 0.6) is 0 Å². The zero-order valence-electron chi connectivity index (χ0n) is 11.1. The molecule has 0 heterocycles. The van der Waals surface area contributed by atoms with Crippen molar-refractivity contribution in [1.82, 2.24) is 4.90 Å². The molecular formula is C14H24N2O. The third kappa shape index (κ3) is 4.86. The predicted octanol–water partition coefficient (Wildman–Crippen LogP) is 1.77. The van der Waals surface area contributed by atoms with Crippen molar-refractivity contribution in [2.75, 3.05) is 20.1 Å². The largest absolute Gasteiger partial charge is 0.387 e. The molecule has 0 aromatic heterocycles. The molecule has 3 nitrogen and oxygen atoms in total. The Balaban J connectivity index is 2.53. The lowest BCUT2D eigenvalue weighted by Gasteiger charge is -2.22. The van der Waals surface area contributed by atoms with Crippen molar-refractivity contribution >= 4 is 0 Å². The molecule has 0 spiro atoms. The maximum absolute atomic E-state index is 10.1. The molecule has 17 heavy (non-hydrogen) atoms. The lowest BCUT2D eigenvalue weighted by molar-refractivity contribution is 0.121. The summed E-state index contributed by atoms with van der Waals surface area (Å²) in [4.78, 5) is 2.16. The van der Waals surface area contributed by atoms with Gasteiger partial charge in [0.1, 0.15) is 0 Å².